The maximum absolute atomic E-state index is 14.7. The largest absolute Gasteiger partial charge is 0.490 e. The molecule has 0 atom stereocenters. The van der Waals surface area contributed by atoms with Crippen LogP contribution in [-0.4, -0.2) is 17.2 Å². The number of hydrogen-bond donors (Lipinski definition) is 1. The molecule has 0 aliphatic heterocycles. The molecular formula is C24H27FO3. The number of halogens is 1. The van der Waals surface area contributed by atoms with E-state index in [0.29, 0.717) is 29.4 Å². The van der Waals surface area contributed by atoms with E-state index in [1.165, 1.54) is 18.9 Å². The standard InChI is InChI=1S/C24H27FO3/c1-23(2)11-9-19(10-12-23)28-18-6-3-16(4-7-18)20-8-5-17(15-21(20)25)24(13-14-24)22(26)27/h3-8,15,19H,9-14H2,1-2H3,(H,26,27). The van der Waals surface area contributed by atoms with Gasteiger partial charge in [0.05, 0.1) is 11.5 Å². The smallest absolute Gasteiger partial charge is 0.314 e. The van der Waals surface area contributed by atoms with Crippen molar-refractivity contribution in [2.75, 3.05) is 0 Å². The first-order chi connectivity index (χ1) is 13.3. The Kier molecular flexibility index (Phi) is 4.68. The van der Waals surface area contributed by atoms with Gasteiger partial charge in [0, 0.05) is 5.56 Å². The highest BCUT2D eigenvalue weighted by Gasteiger charge is 2.51. The lowest BCUT2D eigenvalue weighted by Gasteiger charge is -2.34. The van der Waals surface area contributed by atoms with Gasteiger partial charge in [-0.2, -0.15) is 0 Å². The maximum atomic E-state index is 14.7. The van der Waals surface area contributed by atoms with Crippen LogP contribution in [0.5, 0.6) is 5.75 Å². The molecule has 2 aromatic rings. The van der Waals surface area contributed by atoms with Gasteiger partial charge in [0.2, 0.25) is 0 Å². The van der Waals surface area contributed by atoms with E-state index in [9.17, 15) is 14.3 Å². The molecule has 0 saturated heterocycles. The van der Waals surface area contributed by atoms with Crippen molar-refractivity contribution in [1.82, 2.24) is 0 Å². The Morgan fingerprint density at radius 1 is 1.04 bits per heavy atom. The van der Waals surface area contributed by atoms with E-state index in [4.69, 9.17) is 4.74 Å². The Bertz CT molecular complexity index is 871. The van der Waals surface area contributed by atoms with Gasteiger partial charge in [-0.25, -0.2) is 4.39 Å². The zero-order valence-electron chi connectivity index (χ0n) is 16.5. The topological polar surface area (TPSA) is 46.5 Å². The summed E-state index contributed by atoms with van der Waals surface area (Å²) in [5.41, 5.74) is 1.33. The zero-order valence-corrected chi connectivity index (χ0v) is 16.5. The number of aliphatic carboxylic acids is 1. The number of ether oxygens (including phenoxy) is 1. The third-order valence-corrected chi connectivity index (χ3v) is 6.44. The monoisotopic (exact) mass is 382 g/mol. The number of carboxylic acids is 1. The van der Waals surface area contributed by atoms with Crippen LogP contribution in [0.15, 0.2) is 42.5 Å². The molecule has 28 heavy (non-hydrogen) atoms. The minimum absolute atomic E-state index is 0.251. The quantitative estimate of drug-likeness (QED) is 0.694. The minimum atomic E-state index is -0.883. The predicted molar refractivity (Wildman–Crippen MR) is 107 cm³/mol. The Morgan fingerprint density at radius 3 is 2.21 bits per heavy atom. The molecule has 3 nitrogen and oxygen atoms in total. The number of carboxylic acid groups (broad SMARTS) is 1. The van der Waals surface area contributed by atoms with Crippen molar-refractivity contribution in [2.45, 2.75) is 63.9 Å². The molecule has 0 heterocycles. The second-order valence-corrected chi connectivity index (χ2v) is 9.09. The van der Waals surface area contributed by atoms with Crippen LogP contribution < -0.4 is 4.74 Å². The second-order valence-electron chi connectivity index (χ2n) is 9.09. The summed E-state index contributed by atoms with van der Waals surface area (Å²) >= 11 is 0. The van der Waals surface area contributed by atoms with Gasteiger partial charge in [0.1, 0.15) is 11.6 Å². The molecule has 2 aromatic carbocycles. The van der Waals surface area contributed by atoms with Crippen molar-refractivity contribution in [1.29, 1.82) is 0 Å². The first kappa shape index (κ1) is 19.0. The van der Waals surface area contributed by atoms with Gasteiger partial charge in [-0.3, -0.25) is 4.79 Å². The molecule has 0 amide bonds. The molecule has 2 aliphatic rings. The van der Waals surface area contributed by atoms with Crippen molar-refractivity contribution >= 4 is 5.97 Å². The van der Waals surface area contributed by atoms with E-state index < -0.39 is 11.4 Å². The molecule has 0 unspecified atom stereocenters. The van der Waals surface area contributed by atoms with E-state index in [1.54, 1.807) is 12.1 Å². The van der Waals surface area contributed by atoms with Crippen LogP contribution in [-0.2, 0) is 10.2 Å². The molecule has 2 saturated carbocycles. The SMILES string of the molecule is CC1(C)CCC(Oc2ccc(-c3ccc(C4(C(=O)O)CC4)cc3F)cc2)CC1. The fourth-order valence-electron chi connectivity index (χ4n) is 4.19. The highest BCUT2D eigenvalue weighted by molar-refractivity contribution is 5.85. The lowest BCUT2D eigenvalue weighted by Crippen LogP contribution is -2.28. The van der Waals surface area contributed by atoms with Crippen LogP contribution >= 0.6 is 0 Å². The summed E-state index contributed by atoms with van der Waals surface area (Å²) in [7, 11) is 0. The number of rotatable bonds is 5. The first-order valence-electron chi connectivity index (χ1n) is 10.1. The van der Waals surface area contributed by atoms with E-state index in [1.807, 2.05) is 24.3 Å². The summed E-state index contributed by atoms with van der Waals surface area (Å²) < 4.78 is 20.8. The fourth-order valence-corrected chi connectivity index (χ4v) is 4.19. The molecule has 0 spiro atoms. The van der Waals surface area contributed by atoms with Crippen molar-refractivity contribution in [2.24, 2.45) is 5.41 Å². The van der Waals surface area contributed by atoms with Crippen molar-refractivity contribution in [3.63, 3.8) is 0 Å². The summed E-state index contributed by atoms with van der Waals surface area (Å²) in [4.78, 5) is 11.5. The maximum Gasteiger partial charge on any atom is 0.314 e. The number of benzene rings is 2. The molecule has 1 N–H and O–H groups in total. The molecule has 2 fully saturated rings. The summed E-state index contributed by atoms with van der Waals surface area (Å²) in [6, 6.07) is 12.3. The van der Waals surface area contributed by atoms with Crippen LogP contribution in [0.4, 0.5) is 4.39 Å². The predicted octanol–water partition coefficient (Wildman–Crippen LogP) is 5.96. The van der Waals surface area contributed by atoms with Crippen LogP contribution in [0.2, 0.25) is 0 Å². The molecule has 4 rings (SSSR count). The summed E-state index contributed by atoms with van der Waals surface area (Å²) in [6.07, 6.45) is 5.88. The lowest BCUT2D eigenvalue weighted by molar-refractivity contribution is -0.140. The second kappa shape index (κ2) is 6.91. The minimum Gasteiger partial charge on any atom is -0.490 e. The van der Waals surface area contributed by atoms with Gasteiger partial charge >= 0.3 is 5.97 Å². The summed E-state index contributed by atoms with van der Waals surface area (Å²) in [5, 5.41) is 9.39. The molecule has 2 aliphatic carbocycles. The molecule has 0 aromatic heterocycles. The van der Waals surface area contributed by atoms with Crippen LogP contribution in [0.25, 0.3) is 11.1 Å². The van der Waals surface area contributed by atoms with Crippen molar-refractivity contribution in [3.05, 3.63) is 53.8 Å². The van der Waals surface area contributed by atoms with Gasteiger partial charge in [0.15, 0.2) is 0 Å². The highest BCUT2D eigenvalue weighted by atomic mass is 19.1. The number of hydrogen-bond acceptors (Lipinski definition) is 2. The third-order valence-electron chi connectivity index (χ3n) is 6.44. The Morgan fingerprint density at radius 2 is 1.68 bits per heavy atom. The summed E-state index contributed by atoms with van der Waals surface area (Å²) in [5.74, 6) is -0.436. The third kappa shape index (κ3) is 3.65. The average molecular weight is 382 g/mol. The van der Waals surface area contributed by atoms with E-state index >= 15 is 0 Å². The van der Waals surface area contributed by atoms with Crippen molar-refractivity contribution in [3.8, 4) is 16.9 Å². The Labute approximate surface area is 165 Å². The molecular weight excluding hydrogens is 355 g/mol. The number of carbonyl (C=O) groups is 1. The highest BCUT2D eigenvalue weighted by Crippen LogP contribution is 2.49. The summed E-state index contributed by atoms with van der Waals surface area (Å²) in [6.45, 7) is 4.61. The Balaban J connectivity index is 1.46. The van der Waals surface area contributed by atoms with Gasteiger partial charge < -0.3 is 9.84 Å². The van der Waals surface area contributed by atoms with E-state index in [-0.39, 0.29) is 11.9 Å². The molecule has 148 valence electrons. The first-order valence-corrected chi connectivity index (χ1v) is 10.1. The molecule has 0 radical (unpaired) electrons. The van der Waals surface area contributed by atoms with E-state index in [0.717, 1.165) is 24.2 Å². The van der Waals surface area contributed by atoms with Gasteiger partial charge in [-0.05, 0) is 73.3 Å². The molecule has 0 bridgehead atoms. The van der Waals surface area contributed by atoms with Crippen LogP contribution in [0, 0.1) is 11.2 Å². The van der Waals surface area contributed by atoms with Gasteiger partial charge in [0.25, 0.3) is 0 Å². The lowest BCUT2D eigenvalue weighted by atomic mass is 9.76. The zero-order chi connectivity index (χ0) is 19.9. The molecule has 4 heteroatoms. The van der Waals surface area contributed by atoms with Crippen molar-refractivity contribution < 1.29 is 19.0 Å². The van der Waals surface area contributed by atoms with Crippen LogP contribution in [0.1, 0.15) is 57.9 Å². The van der Waals surface area contributed by atoms with E-state index in [2.05, 4.69) is 13.8 Å². The fraction of sp³-hybridized carbons (Fsp3) is 0.458. The van der Waals surface area contributed by atoms with Gasteiger partial charge in [-0.1, -0.05) is 38.1 Å². The van der Waals surface area contributed by atoms with Gasteiger partial charge in [-0.15, -0.1) is 0 Å². The normalized spacial score (nSPS) is 20.5. The van der Waals surface area contributed by atoms with Crippen LogP contribution in [0.3, 0.4) is 0 Å². The Hall–Kier alpha value is -2.36. The average Bonchev–Trinajstić information content (AvgIpc) is 3.46.